The number of hydrogen-bond donors (Lipinski definition) is 4. The Hall–Kier alpha value is -1.92. The molecule has 2 rings (SSSR count). The Morgan fingerprint density at radius 1 is 1.38 bits per heavy atom. The minimum atomic E-state index is -0.789. The summed E-state index contributed by atoms with van der Waals surface area (Å²) in [6, 6.07) is 5.76. The lowest BCUT2D eigenvalue weighted by Gasteiger charge is -2.21. The van der Waals surface area contributed by atoms with Crippen LogP contribution in [-0.4, -0.2) is 30.9 Å². The molecule has 0 amide bonds. The first-order valence-electron chi connectivity index (χ1n) is 6.91. The molecule has 0 aromatic heterocycles. The van der Waals surface area contributed by atoms with E-state index >= 15 is 0 Å². The van der Waals surface area contributed by atoms with Crippen molar-refractivity contribution in [2.75, 3.05) is 25.5 Å². The van der Waals surface area contributed by atoms with Gasteiger partial charge >= 0.3 is 0 Å². The van der Waals surface area contributed by atoms with Crippen molar-refractivity contribution in [2.45, 2.75) is 26.1 Å². The first kappa shape index (κ1) is 15.5. The molecule has 0 saturated carbocycles. The van der Waals surface area contributed by atoms with E-state index in [9.17, 15) is 5.11 Å². The lowest BCUT2D eigenvalue weighted by atomic mass is 10.1. The van der Waals surface area contributed by atoms with Gasteiger partial charge in [0.1, 0.15) is 18.1 Å². The predicted octanol–water partition coefficient (Wildman–Crippen LogP) is 1.34. The predicted molar refractivity (Wildman–Crippen MR) is 81.8 cm³/mol. The Bertz CT molecular complexity index is 509. The molecule has 6 heteroatoms. The van der Waals surface area contributed by atoms with Crippen molar-refractivity contribution >= 4 is 5.69 Å². The SMILES string of the molecule is COc1ccc(COC2=CNNC2)c(NCC(C)(C)O)c1. The third kappa shape index (κ3) is 4.84. The van der Waals surface area contributed by atoms with Crippen LogP contribution in [0.1, 0.15) is 19.4 Å². The zero-order chi connectivity index (χ0) is 15.3. The number of hydrazine groups is 1. The van der Waals surface area contributed by atoms with Crippen LogP contribution in [0.15, 0.2) is 30.2 Å². The molecule has 4 N–H and O–H groups in total. The van der Waals surface area contributed by atoms with Crippen LogP contribution in [0.3, 0.4) is 0 Å². The van der Waals surface area contributed by atoms with Gasteiger partial charge in [-0.3, -0.25) is 0 Å². The van der Waals surface area contributed by atoms with Crippen LogP contribution in [0, 0.1) is 0 Å². The number of rotatable bonds is 7. The van der Waals surface area contributed by atoms with E-state index in [1.165, 1.54) is 0 Å². The molecule has 1 aliphatic rings. The summed E-state index contributed by atoms with van der Waals surface area (Å²) < 4.78 is 11.0. The third-order valence-corrected chi connectivity index (χ3v) is 3.04. The number of methoxy groups -OCH3 is 1. The summed E-state index contributed by atoms with van der Waals surface area (Å²) in [6.07, 6.45) is 1.80. The first-order valence-corrected chi connectivity index (χ1v) is 6.91. The Morgan fingerprint density at radius 3 is 2.81 bits per heavy atom. The highest BCUT2D eigenvalue weighted by molar-refractivity contribution is 5.55. The summed E-state index contributed by atoms with van der Waals surface area (Å²) in [6.45, 7) is 5.09. The Morgan fingerprint density at radius 2 is 2.19 bits per heavy atom. The van der Waals surface area contributed by atoms with Crippen LogP contribution in [-0.2, 0) is 11.3 Å². The standard InChI is InChI=1S/C15H23N3O3/c1-15(2,19)10-16-14-6-12(20-3)5-4-11(14)9-21-13-7-17-18-8-13/h4-7,16-19H,8-10H2,1-3H3. The average Bonchev–Trinajstić information content (AvgIpc) is 2.95. The minimum absolute atomic E-state index is 0.443. The van der Waals surface area contributed by atoms with Gasteiger partial charge in [-0.2, -0.15) is 0 Å². The number of nitrogens with one attached hydrogen (secondary N) is 3. The van der Waals surface area contributed by atoms with E-state index < -0.39 is 5.60 Å². The maximum atomic E-state index is 9.85. The van der Waals surface area contributed by atoms with Gasteiger partial charge in [0.25, 0.3) is 0 Å². The smallest absolute Gasteiger partial charge is 0.129 e. The molecule has 1 aliphatic heterocycles. The number of ether oxygens (including phenoxy) is 2. The Kier molecular flexibility index (Phi) is 4.93. The van der Waals surface area contributed by atoms with Gasteiger partial charge in [0.05, 0.1) is 25.5 Å². The average molecular weight is 293 g/mol. The fourth-order valence-corrected chi connectivity index (χ4v) is 1.87. The topological polar surface area (TPSA) is 74.8 Å². The van der Waals surface area contributed by atoms with Gasteiger partial charge in [0.15, 0.2) is 0 Å². The molecular weight excluding hydrogens is 270 g/mol. The number of benzene rings is 1. The second-order valence-corrected chi connectivity index (χ2v) is 5.59. The summed E-state index contributed by atoms with van der Waals surface area (Å²) in [4.78, 5) is 0. The molecule has 1 aromatic rings. The molecule has 0 saturated heterocycles. The first-order chi connectivity index (χ1) is 9.98. The van der Waals surface area contributed by atoms with Crippen molar-refractivity contribution in [1.82, 2.24) is 10.9 Å². The minimum Gasteiger partial charge on any atom is -0.497 e. The molecule has 21 heavy (non-hydrogen) atoms. The number of hydrogen-bond acceptors (Lipinski definition) is 6. The zero-order valence-electron chi connectivity index (χ0n) is 12.7. The van der Waals surface area contributed by atoms with E-state index in [4.69, 9.17) is 9.47 Å². The maximum Gasteiger partial charge on any atom is 0.129 e. The van der Waals surface area contributed by atoms with E-state index in [0.717, 1.165) is 22.8 Å². The molecule has 0 spiro atoms. The van der Waals surface area contributed by atoms with Crippen molar-refractivity contribution < 1.29 is 14.6 Å². The van der Waals surface area contributed by atoms with Crippen molar-refractivity contribution in [3.63, 3.8) is 0 Å². The molecule has 0 aliphatic carbocycles. The van der Waals surface area contributed by atoms with Gasteiger partial charge in [0, 0.05) is 23.9 Å². The van der Waals surface area contributed by atoms with Gasteiger partial charge in [-0.05, 0) is 26.0 Å². The second kappa shape index (κ2) is 6.69. The molecule has 0 fully saturated rings. The molecule has 0 bridgehead atoms. The van der Waals surface area contributed by atoms with Crippen molar-refractivity contribution in [3.05, 3.63) is 35.7 Å². The molecule has 0 atom stereocenters. The monoisotopic (exact) mass is 293 g/mol. The van der Waals surface area contributed by atoms with Crippen LogP contribution in [0.25, 0.3) is 0 Å². The lowest BCUT2D eigenvalue weighted by Crippen LogP contribution is -2.29. The van der Waals surface area contributed by atoms with E-state index in [2.05, 4.69) is 16.2 Å². The van der Waals surface area contributed by atoms with E-state index in [-0.39, 0.29) is 0 Å². The van der Waals surface area contributed by atoms with Crippen LogP contribution in [0.2, 0.25) is 0 Å². The highest BCUT2D eigenvalue weighted by Gasteiger charge is 2.14. The maximum absolute atomic E-state index is 9.85. The van der Waals surface area contributed by atoms with Crippen LogP contribution in [0.4, 0.5) is 5.69 Å². The molecule has 1 heterocycles. The van der Waals surface area contributed by atoms with E-state index in [1.54, 1.807) is 27.2 Å². The van der Waals surface area contributed by atoms with Crippen LogP contribution in [0.5, 0.6) is 5.75 Å². The van der Waals surface area contributed by atoms with Crippen molar-refractivity contribution in [2.24, 2.45) is 0 Å². The highest BCUT2D eigenvalue weighted by atomic mass is 16.5. The number of anilines is 1. The fraction of sp³-hybridized carbons (Fsp3) is 0.467. The number of aliphatic hydroxyl groups is 1. The van der Waals surface area contributed by atoms with Crippen LogP contribution < -0.4 is 20.9 Å². The molecule has 1 aromatic carbocycles. The lowest BCUT2D eigenvalue weighted by molar-refractivity contribution is 0.0944. The quantitative estimate of drug-likeness (QED) is 0.608. The molecule has 6 nitrogen and oxygen atoms in total. The largest absolute Gasteiger partial charge is 0.497 e. The summed E-state index contributed by atoms with van der Waals surface area (Å²) in [5.74, 6) is 1.62. The summed E-state index contributed by atoms with van der Waals surface area (Å²) in [7, 11) is 1.63. The van der Waals surface area contributed by atoms with Crippen molar-refractivity contribution in [1.29, 1.82) is 0 Å². The summed E-state index contributed by atoms with van der Waals surface area (Å²) in [5.41, 5.74) is 6.95. The van der Waals surface area contributed by atoms with Gasteiger partial charge in [-0.1, -0.05) is 0 Å². The summed E-state index contributed by atoms with van der Waals surface area (Å²) in [5, 5.41) is 13.1. The Labute approximate surface area is 125 Å². The molecule has 0 unspecified atom stereocenters. The van der Waals surface area contributed by atoms with Gasteiger partial charge in [-0.25, -0.2) is 5.43 Å². The van der Waals surface area contributed by atoms with Gasteiger partial charge in [-0.15, -0.1) is 0 Å². The van der Waals surface area contributed by atoms with E-state index in [1.807, 2.05) is 18.2 Å². The summed E-state index contributed by atoms with van der Waals surface area (Å²) >= 11 is 0. The van der Waals surface area contributed by atoms with Crippen LogP contribution >= 0.6 is 0 Å². The zero-order valence-corrected chi connectivity index (χ0v) is 12.7. The highest BCUT2D eigenvalue weighted by Crippen LogP contribution is 2.24. The molecular formula is C15H23N3O3. The molecule has 0 radical (unpaired) electrons. The normalized spacial score (nSPS) is 14.4. The second-order valence-electron chi connectivity index (χ2n) is 5.59. The van der Waals surface area contributed by atoms with Gasteiger partial charge in [0.2, 0.25) is 0 Å². The molecule has 116 valence electrons. The van der Waals surface area contributed by atoms with Crippen molar-refractivity contribution in [3.8, 4) is 5.75 Å². The Balaban J connectivity index is 2.06. The fourth-order valence-electron chi connectivity index (χ4n) is 1.87. The van der Waals surface area contributed by atoms with Gasteiger partial charge < -0.3 is 25.3 Å². The van der Waals surface area contributed by atoms with E-state index in [0.29, 0.717) is 19.7 Å². The third-order valence-electron chi connectivity index (χ3n) is 3.04.